The molecule has 3 aliphatic carbocycles. The second-order valence-electron chi connectivity index (χ2n) is 11.2. The molecule has 3 aliphatic rings. The second kappa shape index (κ2) is 9.80. The molecule has 2 fully saturated rings. The van der Waals surface area contributed by atoms with Crippen LogP contribution in [0, 0.1) is 17.3 Å². The Labute approximate surface area is 200 Å². The van der Waals surface area contributed by atoms with E-state index in [1.165, 1.54) is 49.7 Å². The topological polar surface area (TPSA) is 21.7 Å². The monoisotopic (exact) mass is 447 g/mol. The van der Waals surface area contributed by atoms with Gasteiger partial charge in [0.1, 0.15) is 12.4 Å². The summed E-state index contributed by atoms with van der Waals surface area (Å²) in [6.45, 7) is 5.22. The van der Waals surface area contributed by atoms with Gasteiger partial charge in [-0.3, -0.25) is 0 Å². The number of nitrogens with zero attached hydrogens (tertiary/aromatic N) is 1. The Balaban J connectivity index is 1.23. The summed E-state index contributed by atoms with van der Waals surface area (Å²) in [5.74, 6) is 3.38. The van der Waals surface area contributed by atoms with E-state index in [4.69, 9.17) is 9.47 Å². The zero-order valence-electron chi connectivity index (χ0n) is 20.8. The Kier molecular flexibility index (Phi) is 6.81. The fraction of sp³-hybridized carbons (Fsp3) is 0.600. The molecule has 5 atom stereocenters. The van der Waals surface area contributed by atoms with Crippen LogP contribution >= 0.6 is 0 Å². The molecule has 1 unspecified atom stereocenters. The molecule has 0 aliphatic heterocycles. The predicted molar refractivity (Wildman–Crippen MR) is 135 cm³/mol. The maximum Gasteiger partial charge on any atom is 0.120 e. The van der Waals surface area contributed by atoms with E-state index in [9.17, 15) is 0 Å². The van der Waals surface area contributed by atoms with Crippen molar-refractivity contribution in [2.75, 3.05) is 27.2 Å². The van der Waals surface area contributed by atoms with Gasteiger partial charge in [0, 0.05) is 6.61 Å². The van der Waals surface area contributed by atoms with E-state index < -0.39 is 0 Å². The van der Waals surface area contributed by atoms with E-state index in [0.29, 0.717) is 18.1 Å². The largest absolute Gasteiger partial charge is 0.489 e. The number of aryl methyl sites for hydroxylation is 1. The number of benzene rings is 2. The molecule has 2 aromatic carbocycles. The molecule has 0 bridgehead atoms. The second-order valence-corrected chi connectivity index (χ2v) is 11.2. The van der Waals surface area contributed by atoms with E-state index in [2.05, 4.69) is 74.4 Å². The summed E-state index contributed by atoms with van der Waals surface area (Å²) in [6.07, 6.45) is 9.34. The molecule has 0 N–H and O–H groups in total. The molecule has 0 radical (unpaired) electrons. The van der Waals surface area contributed by atoms with Crippen molar-refractivity contribution >= 4 is 0 Å². The minimum Gasteiger partial charge on any atom is -0.489 e. The molecule has 33 heavy (non-hydrogen) atoms. The first-order chi connectivity index (χ1) is 16.0. The van der Waals surface area contributed by atoms with Crippen molar-refractivity contribution in [3.63, 3.8) is 0 Å². The van der Waals surface area contributed by atoms with Crippen molar-refractivity contribution in [2.24, 2.45) is 17.3 Å². The zero-order chi connectivity index (χ0) is 22.8. The van der Waals surface area contributed by atoms with Crippen molar-refractivity contribution in [2.45, 2.75) is 70.5 Å². The third kappa shape index (κ3) is 4.72. The van der Waals surface area contributed by atoms with Crippen LogP contribution in [-0.2, 0) is 17.8 Å². The number of rotatable bonds is 8. The molecule has 0 spiro atoms. The molecule has 3 heteroatoms. The van der Waals surface area contributed by atoms with Crippen molar-refractivity contribution in [1.82, 2.24) is 4.90 Å². The number of hydrogen-bond donors (Lipinski definition) is 0. The first-order valence-electron chi connectivity index (χ1n) is 13.1. The summed E-state index contributed by atoms with van der Waals surface area (Å²) in [5.41, 5.74) is 4.73. The Morgan fingerprint density at radius 1 is 1.00 bits per heavy atom. The van der Waals surface area contributed by atoms with Crippen LogP contribution in [-0.4, -0.2) is 38.3 Å². The van der Waals surface area contributed by atoms with Crippen LogP contribution in [0.25, 0.3) is 0 Å². The maximum absolute atomic E-state index is 6.51. The molecule has 0 aromatic heterocycles. The van der Waals surface area contributed by atoms with E-state index in [1.807, 2.05) is 0 Å². The highest BCUT2D eigenvalue weighted by molar-refractivity contribution is 5.41. The predicted octanol–water partition coefficient (Wildman–Crippen LogP) is 6.46. The van der Waals surface area contributed by atoms with Crippen molar-refractivity contribution in [3.8, 4) is 5.75 Å². The van der Waals surface area contributed by atoms with Gasteiger partial charge in [-0.2, -0.15) is 0 Å². The standard InChI is InChI=1S/C30H41NO2/c1-30-17-16-26-25-13-11-24(33-21-22-8-5-4-6-9-22)20-23(25)10-12-27(26)28(30)14-15-29(30)32-19-7-18-31(2)3/h4-6,8-9,11,13,20,26-29H,7,10,12,14-19,21H2,1-3H3/t26-,27-,28+,29?,30+/m1/s1. The fourth-order valence-electron chi connectivity index (χ4n) is 7.22. The quantitative estimate of drug-likeness (QED) is 0.434. The third-order valence-corrected chi connectivity index (χ3v) is 8.93. The number of ether oxygens (including phenoxy) is 2. The van der Waals surface area contributed by atoms with Gasteiger partial charge in [-0.25, -0.2) is 0 Å². The lowest BCUT2D eigenvalue weighted by Crippen LogP contribution is -2.44. The summed E-state index contributed by atoms with van der Waals surface area (Å²) in [5, 5.41) is 0. The van der Waals surface area contributed by atoms with Crippen LogP contribution in [0.3, 0.4) is 0 Å². The molecule has 0 heterocycles. The van der Waals surface area contributed by atoms with Gasteiger partial charge in [0.05, 0.1) is 6.10 Å². The molecule has 178 valence electrons. The van der Waals surface area contributed by atoms with Crippen LogP contribution in [0.2, 0.25) is 0 Å². The maximum atomic E-state index is 6.51. The van der Waals surface area contributed by atoms with Gasteiger partial charge in [0.2, 0.25) is 0 Å². The summed E-state index contributed by atoms with van der Waals surface area (Å²) in [7, 11) is 4.29. The minimum atomic E-state index is 0.371. The van der Waals surface area contributed by atoms with Crippen LogP contribution < -0.4 is 4.74 Å². The van der Waals surface area contributed by atoms with Gasteiger partial charge < -0.3 is 14.4 Å². The molecule has 5 rings (SSSR count). The Morgan fingerprint density at radius 2 is 1.85 bits per heavy atom. The number of hydrogen-bond acceptors (Lipinski definition) is 3. The molecule has 2 aromatic rings. The highest BCUT2D eigenvalue weighted by atomic mass is 16.5. The van der Waals surface area contributed by atoms with Gasteiger partial charge in [-0.15, -0.1) is 0 Å². The van der Waals surface area contributed by atoms with Crippen molar-refractivity contribution in [3.05, 3.63) is 65.2 Å². The normalized spacial score (nSPS) is 30.5. The lowest BCUT2D eigenvalue weighted by molar-refractivity contribution is -0.0650. The number of fused-ring (bicyclic) bond motifs is 5. The molecule has 0 amide bonds. The lowest BCUT2D eigenvalue weighted by Gasteiger charge is -2.50. The molecule has 3 nitrogen and oxygen atoms in total. The van der Waals surface area contributed by atoms with Gasteiger partial charge in [0.15, 0.2) is 0 Å². The highest BCUT2D eigenvalue weighted by Crippen LogP contribution is 2.61. The molecular weight excluding hydrogens is 406 g/mol. The first-order valence-corrected chi connectivity index (χ1v) is 13.1. The summed E-state index contributed by atoms with van der Waals surface area (Å²) >= 11 is 0. The third-order valence-electron chi connectivity index (χ3n) is 8.93. The van der Waals surface area contributed by atoms with E-state index in [0.717, 1.165) is 43.1 Å². The van der Waals surface area contributed by atoms with E-state index in [1.54, 1.807) is 5.56 Å². The Hall–Kier alpha value is -1.84. The smallest absolute Gasteiger partial charge is 0.120 e. The van der Waals surface area contributed by atoms with Crippen LogP contribution in [0.5, 0.6) is 5.75 Å². The molecule has 0 saturated heterocycles. The first kappa shape index (κ1) is 22.9. The van der Waals surface area contributed by atoms with E-state index >= 15 is 0 Å². The summed E-state index contributed by atoms with van der Waals surface area (Å²) < 4.78 is 12.6. The van der Waals surface area contributed by atoms with E-state index in [-0.39, 0.29) is 0 Å². The van der Waals surface area contributed by atoms with Crippen LogP contribution in [0.4, 0.5) is 0 Å². The average molecular weight is 448 g/mol. The Bertz CT molecular complexity index is 926. The van der Waals surface area contributed by atoms with Gasteiger partial charge in [-0.1, -0.05) is 43.3 Å². The minimum absolute atomic E-state index is 0.371. The van der Waals surface area contributed by atoms with Gasteiger partial charge >= 0.3 is 0 Å². The SMILES string of the molecule is CN(C)CCCOC1CC[C@H]2[C@@H]3CCc4cc(OCc5ccccc5)ccc4[C@H]3CC[C@]12C. The van der Waals surface area contributed by atoms with Crippen molar-refractivity contribution < 1.29 is 9.47 Å². The van der Waals surface area contributed by atoms with Gasteiger partial charge in [-0.05, 0) is 118 Å². The van der Waals surface area contributed by atoms with Crippen molar-refractivity contribution in [1.29, 1.82) is 0 Å². The molecular formula is C30H41NO2. The lowest BCUT2D eigenvalue weighted by atomic mass is 9.55. The highest BCUT2D eigenvalue weighted by Gasteiger charge is 2.55. The van der Waals surface area contributed by atoms with Crippen LogP contribution in [0.1, 0.15) is 68.1 Å². The molecule has 2 saturated carbocycles. The zero-order valence-corrected chi connectivity index (χ0v) is 20.8. The van der Waals surface area contributed by atoms with Crippen LogP contribution in [0.15, 0.2) is 48.5 Å². The van der Waals surface area contributed by atoms with Gasteiger partial charge in [0.25, 0.3) is 0 Å². The summed E-state index contributed by atoms with van der Waals surface area (Å²) in [4.78, 5) is 2.26. The average Bonchev–Trinajstić information content (AvgIpc) is 3.17. The fourth-order valence-corrected chi connectivity index (χ4v) is 7.22. The summed E-state index contributed by atoms with van der Waals surface area (Å²) in [6, 6.07) is 17.4. The Morgan fingerprint density at radius 3 is 2.67 bits per heavy atom.